The molecule has 3 unspecified atom stereocenters. The molecular formula is C11H21N3O4S. The van der Waals surface area contributed by atoms with Gasteiger partial charge in [0, 0.05) is 11.3 Å². The molecule has 0 fully saturated rings. The standard InChI is InChI=1S/C11H21N3O4S/c1-3-11(2,19)6(4-8(15)16)10(18)14-7(5-12)9(13)17/h6-7,19H,3-5,12H2,1-2H3,(H2,13,17)(H,14,18)(H,15,16). The largest absolute Gasteiger partial charge is 0.481 e. The Morgan fingerprint density at radius 1 is 1.42 bits per heavy atom. The van der Waals surface area contributed by atoms with Crippen LogP contribution in [0.5, 0.6) is 0 Å². The van der Waals surface area contributed by atoms with E-state index >= 15 is 0 Å². The van der Waals surface area contributed by atoms with Crippen molar-refractivity contribution in [3.63, 3.8) is 0 Å². The molecule has 0 saturated heterocycles. The summed E-state index contributed by atoms with van der Waals surface area (Å²) in [5.74, 6) is -3.35. The molecule has 0 saturated carbocycles. The number of nitrogens with one attached hydrogen (secondary N) is 1. The number of carbonyl (C=O) groups excluding carboxylic acids is 2. The first-order chi connectivity index (χ1) is 8.65. The lowest BCUT2D eigenvalue weighted by Crippen LogP contribution is -2.53. The number of carboxylic acid groups (broad SMARTS) is 1. The second kappa shape index (κ2) is 7.34. The topological polar surface area (TPSA) is 136 Å². The van der Waals surface area contributed by atoms with Gasteiger partial charge in [0.15, 0.2) is 0 Å². The number of hydrogen-bond donors (Lipinski definition) is 5. The summed E-state index contributed by atoms with van der Waals surface area (Å²) in [7, 11) is 0. The van der Waals surface area contributed by atoms with Crippen molar-refractivity contribution in [3.05, 3.63) is 0 Å². The van der Waals surface area contributed by atoms with Gasteiger partial charge in [0.25, 0.3) is 0 Å². The zero-order valence-corrected chi connectivity index (χ0v) is 11.9. The summed E-state index contributed by atoms with van der Waals surface area (Å²) in [5, 5.41) is 11.2. The molecule has 8 heteroatoms. The summed E-state index contributed by atoms with van der Waals surface area (Å²) in [4.78, 5) is 33.9. The molecule has 0 aromatic heterocycles. The molecule has 3 atom stereocenters. The van der Waals surface area contributed by atoms with E-state index in [1.807, 2.05) is 0 Å². The van der Waals surface area contributed by atoms with Crippen molar-refractivity contribution in [1.82, 2.24) is 5.32 Å². The third-order valence-corrected chi connectivity index (χ3v) is 3.69. The van der Waals surface area contributed by atoms with E-state index in [4.69, 9.17) is 16.6 Å². The molecule has 0 bridgehead atoms. The quantitative estimate of drug-likeness (QED) is 0.369. The average Bonchev–Trinajstić information content (AvgIpc) is 2.31. The summed E-state index contributed by atoms with van der Waals surface area (Å²) in [6, 6.07) is -1.01. The molecule has 19 heavy (non-hydrogen) atoms. The Labute approximate surface area is 117 Å². The molecule has 2 amide bonds. The van der Waals surface area contributed by atoms with Crippen molar-refractivity contribution >= 4 is 30.4 Å². The van der Waals surface area contributed by atoms with Gasteiger partial charge in [0.2, 0.25) is 11.8 Å². The number of hydrogen-bond acceptors (Lipinski definition) is 5. The fraction of sp³-hybridized carbons (Fsp3) is 0.727. The molecule has 0 aliphatic heterocycles. The van der Waals surface area contributed by atoms with Crippen molar-refractivity contribution in [1.29, 1.82) is 0 Å². The van der Waals surface area contributed by atoms with Crippen LogP contribution in [-0.4, -0.2) is 40.2 Å². The van der Waals surface area contributed by atoms with Crippen LogP contribution in [0.15, 0.2) is 0 Å². The molecule has 0 aliphatic carbocycles. The molecule has 0 radical (unpaired) electrons. The molecule has 0 rings (SSSR count). The summed E-state index contributed by atoms with van der Waals surface area (Å²) in [6.07, 6.45) is 0.112. The normalized spacial score (nSPS) is 17.1. The summed E-state index contributed by atoms with van der Waals surface area (Å²) in [5.41, 5.74) is 10.4. The van der Waals surface area contributed by atoms with Crippen LogP contribution in [0.3, 0.4) is 0 Å². The third kappa shape index (κ3) is 5.48. The van der Waals surface area contributed by atoms with Crippen LogP contribution >= 0.6 is 12.6 Å². The summed E-state index contributed by atoms with van der Waals surface area (Å²) in [6.45, 7) is 3.32. The minimum atomic E-state index is -1.11. The number of carboxylic acids is 1. The summed E-state index contributed by atoms with van der Waals surface area (Å²) < 4.78 is -0.806. The van der Waals surface area contributed by atoms with E-state index in [0.29, 0.717) is 6.42 Å². The summed E-state index contributed by atoms with van der Waals surface area (Å²) >= 11 is 4.33. The number of thiol groups is 1. The Kier molecular flexibility index (Phi) is 6.85. The smallest absolute Gasteiger partial charge is 0.304 e. The van der Waals surface area contributed by atoms with Crippen LogP contribution in [0.1, 0.15) is 26.7 Å². The van der Waals surface area contributed by atoms with Crippen LogP contribution in [-0.2, 0) is 14.4 Å². The fourth-order valence-electron chi connectivity index (χ4n) is 1.53. The molecule has 6 N–H and O–H groups in total. The highest BCUT2D eigenvalue weighted by atomic mass is 32.1. The van der Waals surface area contributed by atoms with Crippen molar-refractivity contribution in [2.45, 2.75) is 37.5 Å². The zero-order chi connectivity index (χ0) is 15.2. The van der Waals surface area contributed by atoms with Crippen LogP contribution in [0.2, 0.25) is 0 Å². The Morgan fingerprint density at radius 2 is 1.95 bits per heavy atom. The Bertz CT molecular complexity index is 360. The number of rotatable bonds is 8. The van der Waals surface area contributed by atoms with Crippen LogP contribution in [0.4, 0.5) is 0 Å². The number of amides is 2. The highest BCUT2D eigenvalue weighted by Crippen LogP contribution is 2.31. The van der Waals surface area contributed by atoms with Gasteiger partial charge in [0.05, 0.1) is 12.3 Å². The number of carbonyl (C=O) groups is 3. The molecule has 0 heterocycles. The van der Waals surface area contributed by atoms with Crippen molar-refractivity contribution in [3.8, 4) is 0 Å². The molecule has 0 aliphatic rings. The van der Waals surface area contributed by atoms with Gasteiger partial charge in [-0.15, -0.1) is 0 Å². The number of aliphatic carboxylic acids is 1. The van der Waals surface area contributed by atoms with E-state index in [1.165, 1.54) is 0 Å². The van der Waals surface area contributed by atoms with Crippen molar-refractivity contribution < 1.29 is 19.5 Å². The SMILES string of the molecule is CCC(C)(S)C(CC(=O)O)C(=O)NC(CN)C(N)=O. The molecule has 0 spiro atoms. The highest BCUT2D eigenvalue weighted by Gasteiger charge is 2.37. The van der Waals surface area contributed by atoms with E-state index < -0.39 is 34.5 Å². The second-order valence-corrected chi connectivity index (χ2v) is 5.58. The predicted molar refractivity (Wildman–Crippen MR) is 73.6 cm³/mol. The molecule has 0 aromatic rings. The maximum absolute atomic E-state index is 12.1. The van der Waals surface area contributed by atoms with E-state index in [9.17, 15) is 14.4 Å². The van der Waals surface area contributed by atoms with Gasteiger partial charge in [-0.05, 0) is 13.3 Å². The van der Waals surface area contributed by atoms with Crippen molar-refractivity contribution in [2.24, 2.45) is 17.4 Å². The van der Waals surface area contributed by atoms with Crippen LogP contribution < -0.4 is 16.8 Å². The molecule has 7 nitrogen and oxygen atoms in total. The average molecular weight is 291 g/mol. The van der Waals surface area contributed by atoms with E-state index in [0.717, 1.165) is 0 Å². The molecule has 0 aromatic carbocycles. The maximum atomic E-state index is 12.1. The first-order valence-corrected chi connectivity index (χ1v) is 6.34. The highest BCUT2D eigenvalue weighted by molar-refractivity contribution is 7.81. The van der Waals surface area contributed by atoms with Crippen LogP contribution in [0.25, 0.3) is 0 Å². The Hall–Kier alpha value is -1.28. The Morgan fingerprint density at radius 3 is 2.26 bits per heavy atom. The first-order valence-electron chi connectivity index (χ1n) is 5.89. The van der Waals surface area contributed by atoms with E-state index in [2.05, 4.69) is 17.9 Å². The van der Waals surface area contributed by atoms with Gasteiger partial charge >= 0.3 is 5.97 Å². The van der Waals surface area contributed by atoms with Crippen molar-refractivity contribution in [2.75, 3.05) is 6.54 Å². The number of nitrogens with two attached hydrogens (primary N) is 2. The Balaban J connectivity index is 5.01. The van der Waals surface area contributed by atoms with E-state index in [-0.39, 0.29) is 13.0 Å². The first kappa shape index (κ1) is 17.7. The zero-order valence-electron chi connectivity index (χ0n) is 11.0. The van der Waals surface area contributed by atoms with Gasteiger partial charge in [-0.2, -0.15) is 12.6 Å². The molecular weight excluding hydrogens is 270 g/mol. The molecule has 110 valence electrons. The lowest BCUT2D eigenvalue weighted by atomic mass is 9.87. The van der Waals surface area contributed by atoms with Gasteiger partial charge in [-0.1, -0.05) is 6.92 Å². The maximum Gasteiger partial charge on any atom is 0.304 e. The second-order valence-electron chi connectivity index (χ2n) is 4.56. The minimum Gasteiger partial charge on any atom is -0.481 e. The fourth-order valence-corrected chi connectivity index (χ4v) is 1.74. The predicted octanol–water partition coefficient (Wildman–Crippen LogP) is -0.895. The van der Waals surface area contributed by atoms with Gasteiger partial charge in [0.1, 0.15) is 6.04 Å². The van der Waals surface area contributed by atoms with Gasteiger partial charge in [-0.25, -0.2) is 0 Å². The lowest BCUT2D eigenvalue weighted by Gasteiger charge is -2.31. The number of primary amides is 1. The van der Waals surface area contributed by atoms with Gasteiger partial charge < -0.3 is 21.9 Å². The minimum absolute atomic E-state index is 0.143. The van der Waals surface area contributed by atoms with Gasteiger partial charge in [-0.3, -0.25) is 14.4 Å². The lowest BCUT2D eigenvalue weighted by molar-refractivity contribution is -0.142. The van der Waals surface area contributed by atoms with E-state index in [1.54, 1.807) is 13.8 Å². The van der Waals surface area contributed by atoms with Crippen LogP contribution in [0, 0.1) is 5.92 Å². The monoisotopic (exact) mass is 291 g/mol. The third-order valence-electron chi connectivity index (χ3n) is 3.06.